The monoisotopic (exact) mass is 158 g/mol. The molecule has 0 unspecified atom stereocenters. The molecule has 3 nitrogen and oxygen atoms in total. The molecule has 5 heteroatoms. The van der Waals surface area contributed by atoms with E-state index in [0.717, 1.165) is 0 Å². The van der Waals surface area contributed by atoms with Crippen LogP contribution in [0, 0.1) is 0 Å². The molecule has 0 bridgehead atoms. The quantitative estimate of drug-likeness (QED) is 0.505. The summed E-state index contributed by atoms with van der Waals surface area (Å²) in [5.74, 6) is 0. The van der Waals surface area contributed by atoms with Crippen LogP contribution in [0.5, 0.6) is 0 Å². The number of carbonyl (C=O) groups is 1. The summed E-state index contributed by atoms with van der Waals surface area (Å²) < 4.78 is 0. The van der Waals surface area contributed by atoms with Crippen molar-refractivity contribution in [1.29, 1.82) is 0 Å². The molecule has 0 heterocycles. The summed E-state index contributed by atoms with van der Waals surface area (Å²) in [7, 11) is 0. The Bertz CT molecular complexity index is 59.5. The molecule has 0 spiro atoms. The second-order valence-corrected chi connectivity index (χ2v) is 2.45. The van der Waals surface area contributed by atoms with E-state index in [-0.39, 0.29) is 4.84 Å². The van der Waals surface area contributed by atoms with Gasteiger partial charge < -0.3 is 11.5 Å². The van der Waals surface area contributed by atoms with Crippen LogP contribution in [0.4, 0.5) is 4.79 Å². The largest absolute Gasteiger partial charge is 0.352 e. The lowest BCUT2D eigenvalue weighted by atomic mass is 11.0. The smallest absolute Gasteiger partial charge is 0.309 e. The van der Waals surface area contributed by atoms with Crippen LogP contribution in [0.15, 0.2) is 0 Å². The first-order valence-electron chi connectivity index (χ1n) is 1.80. The first-order valence-corrected chi connectivity index (χ1v) is 2.67. The fourth-order valence-corrected chi connectivity index (χ4v) is 0. The number of alkyl halides is 2. The Hall–Kier alpha value is -0.150. The van der Waals surface area contributed by atoms with Gasteiger partial charge in [-0.2, -0.15) is 0 Å². The molecular formula is C3H8Cl2N2O. The number of halogens is 2. The third-order valence-corrected chi connectivity index (χ3v) is 0. The summed E-state index contributed by atoms with van der Waals surface area (Å²) in [5, 5.41) is 0. The lowest BCUT2D eigenvalue weighted by Crippen LogP contribution is -2.18. The van der Waals surface area contributed by atoms with Gasteiger partial charge in [0.05, 0.1) is 0 Å². The van der Waals surface area contributed by atoms with Crippen LogP contribution in [-0.4, -0.2) is 10.9 Å². The average molecular weight is 159 g/mol. The van der Waals surface area contributed by atoms with Gasteiger partial charge in [0, 0.05) is 0 Å². The number of hydrogen-bond donors (Lipinski definition) is 2. The van der Waals surface area contributed by atoms with Gasteiger partial charge in [0.25, 0.3) is 0 Å². The maximum atomic E-state index is 9.00. The molecule has 4 N–H and O–H groups in total. The molecule has 0 aromatic rings. The van der Waals surface area contributed by atoms with Gasteiger partial charge in [-0.05, 0) is 6.92 Å². The summed E-state index contributed by atoms with van der Waals surface area (Å²) in [5.41, 5.74) is 8.50. The number of hydrogen-bond acceptors (Lipinski definition) is 1. The predicted molar refractivity (Wildman–Crippen MR) is 34.9 cm³/mol. The molecular weight excluding hydrogens is 151 g/mol. The minimum absolute atomic E-state index is 0.222. The summed E-state index contributed by atoms with van der Waals surface area (Å²) in [6.07, 6.45) is 0. The van der Waals surface area contributed by atoms with Crippen LogP contribution < -0.4 is 11.5 Å². The van der Waals surface area contributed by atoms with Crippen molar-refractivity contribution in [1.82, 2.24) is 0 Å². The van der Waals surface area contributed by atoms with Crippen molar-refractivity contribution >= 4 is 29.2 Å². The molecule has 0 rings (SSSR count). The summed E-state index contributed by atoms with van der Waals surface area (Å²) >= 11 is 10.1. The molecule has 0 aliphatic rings. The van der Waals surface area contributed by atoms with Crippen LogP contribution in [-0.2, 0) is 0 Å². The number of urea groups is 1. The van der Waals surface area contributed by atoms with Gasteiger partial charge in [-0.15, -0.1) is 23.2 Å². The van der Waals surface area contributed by atoms with E-state index in [1.807, 2.05) is 0 Å². The third-order valence-electron chi connectivity index (χ3n) is 0. The zero-order chi connectivity index (χ0) is 7.15. The van der Waals surface area contributed by atoms with Gasteiger partial charge >= 0.3 is 6.03 Å². The number of carbonyl (C=O) groups excluding carboxylic acids is 1. The molecule has 0 radical (unpaired) electrons. The average Bonchev–Trinajstić information content (AvgIpc) is 1.25. The molecule has 0 saturated carbocycles. The van der Waals surface area contributed by atoms with Gasteiger partial charge in [0.15, 0.2) is 0 Å². The maximum Gasteiger partial charge on any atom is 0.309 e. The molecule has 0 aromatic heterocycles. The highest BCUT2D eigenvalue weighted by Gasteiger charge is 1.75. The van der Waals surface area contributed by atoms with Gasteiger partial charge in [-0.3, -0.25) is 0 Å². The van der Waals surface area contributed by atoms with E-state index in [0.29, 0.717) is 0 Å². The SMILES string of the molecule is CC(Cl)Cl.NC(N)=O. The van der Waals surface area contributed by atoms with Crippen LogP contribution >= 0.6 is 23.2 Å². The van der Waals surface area contributed by atoms with Gasteiger partial charge in [0.1, 0.15) is 4.84 Å². The van der Waals surface area contributed by atoms with Crippen molar-refractivity contribution in [3.05, 3.63) is 0 Å². The van der Waals surface area contributed by atoms with E-state index in [1.54, 1.807) is 6.92 Å². The maximum absolute atomic E-state index is 9.00. The van der Waals surface area contributed by atoms with Crippen molar-refractivity contribution in [2.75, 3.05) is 0 Å². The lowest BCUT2D eigenvalue weighted by Gasteiger charge is -1.72. The van der Waals surface area contributed by atoms with Crippen molar-refractivity contribution in [2.24, 2.45) is 11.5 Å². The normalized spacial score (nSPS) is 7.50. The van der Waals surface area contributed by atoms with Crippen LogP contribution in [0.2, 0.25) is 0 Å². The topological polar surface area (TPSA) is 69.1 Å². The highest BCUT2D eigenvalue weighted by molar-refractivity contribution is 6.43. The summed E-state index contributed by atoms with van der Waals surface area (Å²) in [4.78, 5) is 8.78. The van der Waals surface area contributed by atoms with Crippen LogP contribution in [0.25, 0.3) is 0 Å². The Morgan fingerprint density at radius 2 is 1.50 bits per heavy atom. The van der Waals surface area contributed by atoms with Crippen LogP contribution in [0.1, 0.15) is 6.92 Å². The molecule has 0 aromatic carbocycles. The minimum Gasteiger partial charge on any atom is -0.352 e. The minimum atomic E-state index is -0.833. The molecule has 0 saturated heterocycles. The van der Waals surface area contributed by atoms with Crippen molar-refractivity contribution in [2.45, 2.75) is 11.8 Å². The first kappa shape index (κ1) is 10.8. The van der Waals surface area contributed by atoms with Crippen molar-refractivity contribution < 1.29 is 4.79 Å². The Morgan fingerprint density at radius 1 is 1.50 bits per heavy atom. The fraction of sp³-hybridized carbons (Fsp3) is 0.667. The highest BCUT2D eigenvalue weighted by atomic mass is 35.5. The zero-order valence-electron chi connectivity index (χ0n) is 4.40. The number of nitrogens with two attached hydrogens (primary N) is 2. The Kier molecular flexibility index (Phi) is 9.22. The number of primary amides is 2. The van der Waals surface area contributed by atoms with Gasteiger partial charge in [-0.25, -0.2) is 4.79 Å². The van der Waals surface area contributed by atoms with E-state index < -0.39 is 6.03 Å². The van der Waals surface area contributed by atoms with E-state index in [9.17, 15) is 0 Å². The van der Waals surface area contributed by atoms with E-state index >= 15 is 0 Å². The molecule has 50 valence electrons. The van der Waals surface area contributed by atoms with Gasteiger partial charge in [-0.1, -0.05) is 0 Å². The lowest BCUT2D eigenvalue weighted by molar-refractivity contribution is 0.256. The second-order valence-electron chi connectivity index (χ2n) is 0.921. The van der Waals surface area contributed by atoms with Crippen LogP contribution in [0.3, 0.4) is 0 Å². The van der Waals surface area contributed by atoms with E-state index in [2.05, 4.69) is 11.5 Å². The first-order chi connectivity index (χ1) is 3.46. The number of rotatable bonds is 0. The third kappa shape index (κ3) is 6120. The molecule has 0 atom stereocenters. The Morgan fingerprint density at radius 3 is 1.50 bits per heavy atom. The molecule has 2 amide bonds. The van der Waals surface area contributed by atoms with Gasteiger partial charge in [0.2, 0.25) is 0 Å². The highest BCUT2D eigenvalue weighted by Crippen LogP contribution is 1.95. The summed E-state index contributed by atoms with van der Waals surface area (Å²) in [6.45, 7) is 1.70. The van der Waals surface area contributed by atoms with Crippen molar-refractivity contribution in [3.63, 3.8) is 0 Å². The predicted octanol–water partition coefficient (Wildman–Crippen LogP) is 0.834. The fourth-order valence-electron chi connectivity index (χ4n) is 0. The zero-order valence-corrected chi connectivity index (χ0v) is 5.91. The summed E-state index contributed by atoms with van der Waals surface area (Å²) in [6, 6.07) is -0.833. The molecule has 0 fully saturated rings. The standard InChI is InChI=1S/C2H4Cl2.CH4N2O/c1-2(3)4;2-1(3)4/h2H,1H3;(H4,2,3,4). The molecule has 0 aliphatic heterocycles. The Balaban J connectivity index is 0. The van der Waals surface area contributed by atoms with E-state index in [1.165, 1.54) is 0 Å². The second kappa shape index (κ2) is 6.85. The number of amides is 2. The molecule has 0 aliphatic carbocycles. The van der Waals surface area contributed by atoms with Crippen molar-refractivity contribution in [3.8, 4) is 0 Å². The Labute approximate surface area is 57.9 Å². The molecule has 8 heavy (non-hydrogen) atoms. The van der Waals surface area contributed by atoms with E-state index in [4.69, 9.17) is 28.0 Å².